The van der Waals surface area contributed by atoms with Crippen molar-refractivity contribution in [2.24, 2.45) is 0 Å². The molecule has 18 heavy (non-hydrogen) atoms. The van der Waals surface area contributed by atoms with Crippen LogP contribution in [0.25, 0.3) is 10.9 Å². The van der Waals surface area contributed by atoms with Gasteiger partial charge in [-0.05, 0) is 42.0 Å². The summed E-state index contributed by atoms with van der Waals surface area (Å²) < 4.78 is 4.51. The lowest BCUT2D eigenvalue weighted by Crippen LogP contribution is -1.97. The highest BCUT2D eigenvalue weighted by Crippen LogP contribution is 2.22. The predicted octanol–water partition coefficient (Wildman–Crippen LogP) is 5.21. The van der Waals surface area contributed by atoms with Crippen LogP contribution in [0.1, 0.15) is 5.56 Å². The maximum atomic E-state index is 3.50. The van der Waals surface area contributed by atoms with Crippen LogP contribution in [0.2, 0.25) is 0 Å². The van der Waals surface area contributed by atoms with Crippen molar-refractivity contribution in [1.29, 1.82) is 0 Å². The van der Waals surface area contributed by atoms with E-state index >= 15 is 0 Å². The summed E-state index contributed by atoms with van der Waals surface area (Å²) in [4.78, 5) is 0. The lowest BCUT2D eigenvalue weighted by Gasteiger charge is -2.06. The van der Waals surface area contributed by atoms with Gasteiger partial charge in [0.25, 0.3) is 0 Å². The molecule has 3 heteroatoms. The number of aromatic nitrogens is 1. The van der Waals surface area contributed by atoms with Gasteiger partial charge in [0.2, 0.25) is 0 Å². The number of hydrogen-bond donors (Lipinski definition) is 0. The van der Waals surface area contributed by atoms with Gasteiger partial charge in [0.15, 0.2) is 0 Å². The van der Waals surface area contributed by atoms with E-state index in [1.54, 1.807) is 0 Å². The van der Waals surface area contributed by atoms with Gasteiger partial charge in [-0.25, -0.2) is 0 Å². The van der Waals surface area contributed by atoms with Gasteiger partial charge >= 0.3 is 0 Å². The molecule has 0 aliphatic carbocycles. The van der Waals surface area contributed by atoms with Crippen molar-refractivity contribution < 1.29 is 0 Å². The zero-order chi connectivity index (χ0) is 12.5. The Labute approximate surface area is 123 Å². The highest BCUT2D eigenvalue weighted by atomic mass is 79.9. The van der Waals surface area contributed by atoms with Crippen LogP contribution in [0, 0.1) is 0 Å². The molecule has 0 amide bonds. The number of rotatable bonds is 2. The third-order valence-corrected chi connectivity index (χ3v) is 4.02. The fourth-order valence-electron chi connectivity index (χ4n) is 2.10. The number of benzene rings is 2. The first-order valence-electron chi connectivity index (χ1n) is 5.71. The van der Waals surface area contributed by atoms with E-state index in [2.05, 4.69) is 91.2 Å². The molecule has 90 valence electrons. The molecule has 0 N–H and O–H groups in total. The monoisotopic (exact) mass is 363 g/mol. The summed E-state index contributed by atoms with van der Waals surface area (Å²) in [5, 5.41) is 1.27. The molecule has 0 spiro atoms. The standard InChI is InChI=1S/C15H11Br2N/c16-13-3-1-11(2-4-13)10-18-8-7-12-9-14(17)5-6-15(12)18/h1-9H,10H2. The second kappa shape index (κ2) is 4.90. The maximum Gasteiger partial charge on any atom is 0.0484 e. The smallest absolute Gasteiger partial charge is 0.0484 e. The molecular formula is C15H11Br2N. The minimum absolute atomic E-state index is 0.901. The van der Waals surface area contributed by atoms with Crippen LogP contribution in [0.3, 0.4) is 0 Å². The van der Waals surface area contributed by atoms with Gasteiger partial charge in [-0.15, -0.1) is 0 Å². The molecule has 0 saturated carbocycles. The van der Waals surface area contributed by atoms with Gasteiger partial charge in [0, 0.05) is 32.6 Å². The summed E-state index contributed by atoms with van der Waals surface area (Å²) in [5.74, 6) is 0. The number of fused-ring (bicyclic) bond motifs is 1. The number of nitrogens with zero attached hydrogens (tertiary/aromatic N) is 1. The SMILES string of the molecule is Brc1ccc(Cn2ccc3cc(Br)ccc32)cc1. The fourth-order valence-corrected chi connectivity index (χ4v) is 2.74. The normalized spacial score (nSPS) is 11.0. The first-order chi connectivity index (χ1) is 8.72. The number of hydrogen-bond acceptors (Lipinski definition) is 0. The van der Waals surface area contributed by atoms with Crippen LogP contribution >= 0.6 is 31.9 Å². The summed E-state index contributed by atoms with van der Waals surface area (Å²) in [6, 6.07) is 17.0. The summed E-state index contributed by atoms with van der Waals surface area (Å²) in [7, 11) is 0. The van der Waals surface area contributed by atoms with Crippen LogP contribution < -0.4 is 0 Å². The van der Waals surface area contributed by atoms with Gasteiger partial charge in [-0.1, -0.05) is 44.0 Å². The highest BCUT2D eigenvalue weighted by molar-refractivity contribution is 9.10. The predicted molar refractivity (Wildman–Crippen MR) is 82.9 cm³/mol. The van der Waals surface area contributed by atoms with Crippen molar-refractivity contribution in [3.63, 3.8) is 0 Å². The molecule has 2 aromatic carbocycles. The van der Waals surface area contributed by atoms with E-state index in [4.69, 9.17) is 0 Å². The van der Waals surface area contributed by atoms with Gasteiger partial charge in [-0.3, -0.25) is 0 Å². The van der Waals surface area contributed by atoms with E-state index < -0.39 is 0 Å². The maximum absolute atomic E-state index is 3.50. The Bertz CT molecular complexity index is 683. The Balaban J connectivity index is 1.97. The van der Waals surface area contributed by atoms with E-state index in [0.717, 1.165) is 15.5 Å². The van der Waals surface area contributed by atoms with Crippen molar-refractivity contribution in [1.82, 2.24) is 4.57 Å². The second-order valence-electron chi connectivity index (χ2n) is 4.27. The Kier molecular flexibility index (Phi) is 3.27. The van der Waals surface area contributed by atoms with Crippen LogP contribution in [-0.4, -0.2) is 4.57 Å². The average Bonchev–Trinajstić information content (AvgIpc) is 2.74. The first kappa shape index (κ1) is 12.0. The molecule has 1 nitrogen and oxygen atoms in total. The van der Waals surface area contributed by atoms with Crippen molar-refractivity contribution in [2.75, 3.05) is 0 Å². The zero-order valence-corrected chi connectivity index (χ0v) is 12.8. The summed E-state index contributed by atoms with van der Waals surface area (Å²) >= 11 is 6.96. The Morgan fingerprint density at radius 1 is 0.833 bits per heavy atom. The highest BCUT2D eigenvalue weighted by Gasteiger charge is 2.02. The van der Waals surface area contributed by atoms with Gasteiger partial charge in [0.05, 0.1) is 0 Å². The third-order valence-electron chi connectivity index (χ3n) is 3.00. The van der Waals surface area contributed by atoms with E-state index in [0.29, 0.717) is 0 Å². The Hall–Kier alpha value is -1.06. The molecule has 0 saturated heterocycles. The molecule has 3 rings (SSSR count). The molecule has 1 aromatic heterocycles. The second-order valence-corrected chi connectivity index (χ2v) is 6.10. The molecule has 0 bridgehead atoms. The Morgan fingerprint density at radius 3 is 2.33 bits per heavy atom. The molecular weight excluding hydrogens is 354 g/mol. The van der Waals surface area contributed by atoms with Crippen LogP contribution in [0.4, 0.5) is 0 Å². The van der Waals surface area contributed by atoms with E-state index in [9.17, 15) is 0 Å². The molecule has 0 fully saturated rings. The van der Waals surface area contributed by atoms with Crippen LogP contribution in [0.15, 0.2) is 63.7 Å². The third kappa shape index (κ3) is 2.38. The van der Waals surface area contributed by atoms with Crippen molar-refractivity contribution >= 4 is 42.8 Å². The fraction of sp³-hybridized carbons (Fsp3) is 0.0667. The largest absolute Gasteiger partial charge is 0.343 e. The average molecular weight is 365 g/mol. The van der Waals surface area contributed by atoms with E-state index in [1.165, 1.54) is 16.5 Å². The minimum atomic E-state index is 0.901. The van der Waals surface area contributed by atoms with Crippen LogP contribution in [0.5, 0.6) is 0 Å². The lowest BCUT2D eigenvalue weighted by atomic mass is 10.2. The van der Waals surface area contributed by atoms with Gasteiger partial charge in [-0.2, -0.15) is 0 Å². The van der Waals surface area contributed by atoms with Crippen molar-refractivity contribution in [3.05, 3.63) is 69.2 Å². The van der Waals surface area contributed by atoms with Crippen LogP contribution in [-0.2, 0) is 6.54 Å². The summed E-state index contributed by atoms with van der Waals surface area (Å²) in [6.07, 6.45) is 2.14. The molecule has 0 unspecified atom stereocenters. The molecule has 3 aromatic rings. The summed E-state index contributed by atoms with van der Waals surface area (Å²) in [6.45, 7) is 0.901. The Morgan fingerprint density at radius 2 is 1.56 bits per heavy atom. The van der Waals surface area contributed by atoms with E-state index in [-0.39, 0.29) is 0 Å². The zero-order valence-electron chi connectivity index (χ0n) is 9.61. The quantitative estimate of drug-likeness (QED) is 0.587. The minimum Gasteiger partial charge on any atom is -0.343 e. The van der Waals surface area contributed by atoms with E-state index in [1.807, 2.05) is 0 Å². The molecule has 0 aliphatic heterocycles. The molecule has 1 heterocycles. The molecule has 0 atom stereocenters. The number of halogens is 2. The topological polar surface area (TPSA) is 4.93 Å². The van der Waals surface area contributed by atoms with Crippen molar-refractivity contribution in [2.45, 2.75) is 6.54 Å². The van der Waals surface area contributed by atoms with Gasteiger partial charge in [0.1, 0.15) is 0 Å². The van der Waals surface area contributed by atoms with Crippen molar-refractivity contribution in [3.8, 4) is 0 Å². The van der Waals surface area contributed by atoms with Gasteiger partial charge < -0.3 is 4.57 Å². The first-order valence-corrected chi connectivity index (χ1v) is 7.30. The molecule has 0 radical (unpaired) electrons. The summed E-state index contributed by atoms with van der Waals surface area (Å²) in [5.41, 5.74) is 2.57. The molecule has 0 aliphatic rings. The lowest BCUT2D eigenvalue weighted by molar-refractivity contribution is 0.836.